The number of hydrogen-bond donors (Lipinski definition) is 2. The Morgan fingerprint density at radius 1 is 1.25 bits per heavy atom. The van der Waals surface area contributed by atoms with Crippen molar-refractivity contribution in [2.75, 3.05) is 19.4 Å². The van der Waals surface area contributed by atoms with Crippen LogP contribution in [0.25, 0.3) is 0 Å². The van der Waals surface area contributed by atoms with Gasteiger partial charge in [-0.2, -0.15) is 0 Å². The molecule has 0 aliphatic heterocycles. The Bertz CT molecular complexity index is 484. The summed E-state index contributed by atoms with van der Waals surface area (Å²) in [6.45, 7) is 4.02. The fourth-order valence-corrected chi connectivity index (χ4v) is 1.86. The first kappa shape index (κ1) is 16.2. The van der Waals surface area contributed by atoms with Crippen molar-refractivity contribution < 1.29 is 9.59 Å². The zero-order chi connectivity index (χ0) is 15.3. The van der Waals surface area contributed by atoms with E-state index in [0.717, 1.165) is 0 Å². The number of benzene rings is 1. The maximum atomic E-state index is 12.0. The number of nitrogens with one attached hydrogen (secondary N) is 1. The van der Waals surface area contributed by atoms with Crippen LogP contribution in [0.15, 0.2) is 24.3 Å². The molecule has 3 N–H and O–H groups in total. The van der Waals surface area contributed by atoms with E-state index < -0.39 is 6.04 Å². The molecular formula is C15H23N3O2. The molecule has 0 saturated carbocycles. The second-order valence-electron chi connectivity index (χ2n) is 5.47. The Morgan fingerprint density at radius 3 is 2.40 bits per heavy atom. The van der Waals surface area contributed by atoms with E-state index in [-0.39, 0.29) is 11.8 Å². The van der Waals surface area contributed by atoms with E-state index in [9.17, 15) is 9.59 Å². The summed E-state index contributed by atoms with van der Waals surface area (Å²) in [5.74, 6) is -0.0783. The molecule has 110 valence electrons. The molecule has 0 aliphatic rings. The second-order valence-corrected chi connectivity index (χ2v) is 5.47. The summed E-state index contributed by atoms with van der Waals surface area (Å²) in [6, 6.07) is 6.36. The van der Waals surface area contributed by atoms with Gasteiger partial charge in [-0.3, -0.25) is 9.59 Å². The number of anilines is 1. The van der Waals surface area contributed by atoms with Gasteiger partial charge in [0.25, 0.3) is 5.91 Å². The van der Waals surface area contributed by atoms with Crippen LogP contribution in [0.4, 0.5) is 5.69 Å². The van der Waals surface area contributed by atoms with Crippen LogP contribution >= 0.6 is 0 Å². The lowest BCUT2D eigenvalue weighted by Crippen LogP contribution is -2.37. The van der Waals surface area contributed by atoms with Crippen LogP contribution in [0.3, 0.4) is 0 Å². The molecule has 0 bridgehead atoms. The smallest absolute Gasteiger partial charge is 0.255 e. The monoisotopic (exact) mass is 277 g/mol. The third kappa shape index (κ3) is 4.35. The second kappa shape index (κ2) is 7.05. The van der Waals surface area contributed by atoms with Gasteiger partial charge in [0.15, 0.2) is 0 Å². The third-order valence-corrected chi connectivity index (χ3v) is 2.88. The molecule has 0 aliphatic carbocycles. The van der Waals surface area contributed by atoms with E-state index in [0.29, 0.717) is 23.6 Å². The van der Waals surface area contributed by atoms with E-state index in [2.05, 4.69) is 5.32 Å². The first-order chi connectivity index (χ1) is 9.32. The van der Waals surface area contributed by atoms with Gasteiger partial charge in [0, 0.05) is 14.1 Å². The molecule has 0 radical (unpaired) electrons. The molecule has 5 nitrogen and oxygen atoms in total. The number of para-hydroxylation sites is 1. The van der Waals surface area contributed by atoms with Crippen LogP contribution in [-0.4, -0.2) is 36.9 Å². The molecule has 0 spiro atoms. The van der Waals surface area contributed by atoms with Crippen molar-refractivity contribution in [1.82, 2.24) is 4.90 Å². The highest BCUT2D eigenvalue weighted by Gasteiger charge is 2.18. The van der Waals surface area contributed by atoms with E-state index in [1.807, 2.05) is 13.8 Å². The molecule has 0 heterocycles. The highest BCUT2D eigenvalue weighted by Crippen LogP contribution is 2.17. The number of carbonyl (C=O) groups is 2. The van der Waals surface area contributed by atoms with E-state index in [1.165, 1.54) is 4.90 Å². The van der Waals surface area contributed by atoms with Crippen LogP contribution < -0.4 is 11.1 Å². The molecule has 2 amide bonds. The van der Waals surface area contributed by atoms with Gasteiger partial charge in [-0.15, -0.1) is 0 Å². The molecule has 5 heteroatoms. The van der Waals surface area contributed by atoms with Crippen molar-refractivity contribution in [3.05, 3.63) is 29.8 Å². The maximum Gasteiger partial charge on any atom is 0.255 e. The van der Waals surface area contributed by atoms with Crippen LogP contribution in [0.5, 0.6) is 0 Å². The molecule has 1 atom stereocenters. The topological polar surface area (TPSA) is 75.4 Å². The summed E-state index contributed by atoms with van der Waals surface area (Å²) in [5.41, 5.74) is 6.80. The molecule has 1 rings (SSSR count). The molecule has 0 fully saturated rings. The number of hydrogen-bond acceptors (Lipinski definition) is 3. The Morgan fingerprint density at radius 2 is 1.85 bits per heavy atom. The van der Waals surface area contributed by atoms with Gasteiger partial charge in [0.2, 0.25) is 5.91 Å². The minimum absolute atomic E-state index is 0.154. The lowest BCUT2D eigenvalue weighted by molar-refractivity contribution is -0.117. The van der Waals surface area contributed by atoms with Crippen molar-refractivity contribution in [1.29, 1.82) is 0 Å². The van der Waals surface area contributed by atoms with Gasteiger partial charge in [-0.05, 0) is 24.5 Å². The van der Waals surface area contributed by atoms with Crippen LogP contribution in [-0.2, 0) is 4.79 Å². The minimum atomic E-state index is -0.572. The number of carbonyl (C=O) groups excluding carboxylic acids is 2. The molecule has 1 aromatic rings. The third-order valence-electron chi connectivity index (χ3n) is 2.88. The fraction of sp³-hybridized carbons (Fsp3) is 0.467. The minimum Gasteiger partial charge on any atom is -0.345 e. The van der Waals surface area contributed by atoms with Gasteiger partial charge in [0.1, 0.15) is 0 Å². The molecule has 0 saturated heterocycles. The molecule has 20 heavy (non-hydrogen) atoms. The van der Waals surface area contributed by atoms with E-state index in [1.54, 1.807) is 38.4 Å². The first-order valence-electron chi connectivity index (χ1n) is 6.70. The quantitative estimate of drug-likeness (QED) is 0.860. The van der Waals surface area contributed by atoms with Crippen molar-refractivity contribution in [3.8, 4) is 0 Å². The molecule has 0 aromatic heterocycles. The lowest BCUT2D eigenvalue weighted by atomic mass is 10.0. The van der Waals surface area contributed by atoms with Crippen molar-refractivity contribution in [3.63, 3.8) is 0 Å². The Kier molecular flexibility index (Phi) is 5.70. The Labute approximate surface area is 120 Å². The summed E-state index contributed by atoms with van der Waals surface area (Å²) in [6.07, 6.45) is 0.607. The number of nitrogens with two attached hydrogens (primary N) is 1. The van der Waals surface area contributed by atoms with Crippen LogP contribution in [0, 0.1) is 5.92 Å². The Hall–Kier alpha value is -1.88. The average Bonchev–Trinajstić information content (AvgIpc) is 2.37. The summed E-state index contributed by atoms with van der Waals surface area (Å²) in [7, 11) is 3.34. The fourth-order valence-electron chi connectivity index (χ4n) is 1.86. The average molecular weight is 277 g/mol. The predicted octanol–water partition coefficient (Wildman–Crippen LogP) is 1.70. The highest BCUT2D eigenvalue weighted by atomic mass is 16.2. The van der Waals surface area contributed by atoms with Crippen molar-refractivity contribution in [2.45, 2.75) is 26.3 Å². The van der Waals surface area contributed by atoms with E-state index in [4.69, 9.17) is 5.73 Å². The van der Waals surface area contributed by atoms with Gasteiger partial charge in [-0.25, -0.2) is 0 Å². The zero-order valence-electron chi connectivity index (χ0n) is 12.5. The maximum absolute atomic E-state index is 12.0. The molecule has 1 aromatic carbocycles. The molecular weight excluding hydrogens is 254 g/mol. The number of nitrogens with zero attached hydrogens (tertiary/aromatic N) is 1. The number of rotatable bonds is 5. The van der Waals surface area contributed by atoms with Gasteiger partial charge < -0.3 is 16.0 Å². The zero-order valence-corrected chi connectivity index (χ0v) is 12.5. The molecule has 1 unspecified atom stereocenters. The predicted molar refractivity (Wildman–Crippen MR) is 80.5 cm³/mol. The van der Waals surface area contributed by atoms with Crippen molar-refractivity contribution in [2.24, 2.45) is 11.7 Å². The largest absolute Gasteiger partial charge is 0.345 e. The summed E-state index contributed by atoms with van der Waals surface area (Å²) >= 11 is 0. The van der Waals surface area contributed by atoms with Gasteiger partial charge >= 0.3 is 0 Å². The summed E-state index contributed by atoms with van der Waals surface area (Å²) in [5, 5.41) is 2.74. The van der Waals surface area contributed by atoms with Gasteiger partial charge in [0.05, 0.1) is 17.3 Å². The van der Waals surface area contributed by atoms with Crippen LogP contribution in [0.2, 0.25) is 0 Å². The lowest BCUT2D eigenvalue weighted by Gasteiger charge is -2.17. The summed E-state index contributed by atoms with van der Waals surface area (Å²) < 4.78 is 0. The van der Waals surface area contributed by atoms with E-state index >= 15 is 0 Å². The number of amides is 2. The Balaban J connectivity index is 2.87. The highest BCUT2D eigenvalue weighted by molar-refractivity contribution is 6.04. The summed E-state index contributed by atoms with van der Waals surface area (Å²) in [4.78, 5) is 25.5. The SMILES string of the molecule is CC(C)CC(N)C(=O)Nc1ccccc1C(=O)N(C)C. The first-order valence-corrected chi connectivity index (χ1v) is 6.70. The normalized spacial score (nSPS) is 12.1. The standard InChI is InChI=1S/C15H23N3O2/c1-10(2)9-12(16)14(19)17-13-8-6-5-7-11(13)15(20)18(3)4/h5-8,10,12H,9,16H2,1-4H3,(H,17,19). The van der Waals surface area contributed by atoms with Crippen LogP contribution in [0.1, 0.15) is 30.6 Å². The van der Waals surface area contributed by atoms with Gasteiger partial charge in [-0.1, -0.05) is 26.0 Å². The van der Waals surface area contributed by atoms with Crippen molar-refractivity contribution >= 4 is 17.5 Å².